The average Bonchev–Trinajstić information content (AvgIpc) is 2.34. The first-order valence-electron chi connectivity index (χ1n) is 2.58. The average molecular weight is 158 g/mol. The van der Waals surface area contributed by atoms with Crippen LogP contribution < -0.4 is 5.73 Å². The number of aliphatic hydroxyl groups is 1. The van der Waals surface area contributed by atoms with Crippen molar-refractivity contribution in [3.8, 4) is 0 Å². The van der Waals surface area contributed by atoms with Crippen LogP contribution in [0.25, 0.3) is 0 Å². The fraction of sp³-hybridized carbons (Fsp3) is 0.200. The van der Waals surface area contributed by atoms with Crippen molar-refractivity contribution in [2.75, 3.05) is 5.73 Å². The highest BCUT2D eigenvalue weighted by Crippen LogP contribution is 2.15. The number of carbonyl (C=O) groups excluding carboxylic acids is 1. The Morgan fingerprint density at radius 1 is 1.90 bits per heavy atom. The summed E-state index contributed by atoms with van der Waals surface area (Å²) < 4.78 is 0. The second-order valence-corrected chi connectivity index (χ2v) is 2.58. The molecule has 1 atom stereocenters. The third kappa shape index (κ3) is 1.31. The number of nitrogen functional groups attached to an aromatic ring is 1. The Bertz CT molecular complexity index is 235. The molecule has 0 saturated heterocycles. The van der Waals surface area contributed by atoms with Crippen molar-refractivity contribution in [2.45, 2.75) is 6.10 Å². The molecule has 0 bridgehead atoms. The topological polar surface area (TPSA) is 76.2 Å². The van der Waals surface area contributed by atoms with E-state index in [0.29, 0.717) is 17.1 Å². The van der Waals surface area contributed by atoms with Gasteiger partial charge in [0.2, 0.25) is 0 Å². The summed E-state index contributed by atoms with van der Waals surface area (Å²) in [5.41, 5.74) is 5.57. The van der Waals surface area contributed by atoms with Crippen LogP contribution in [-0.4, -0.2) is 16.4 Å². The molecule has 10 heavy (non-hydrogen) atoms. The molecule has 0 aliphatic heterocycles. The first kappa shape index (κ1) is 7.17. The Labute approximate surface area is 61.3 Å². The molecule has 1 aromatic heterocycles. The van der Waals surface area contributed by atoms with E-state index in [-0.39, 0.29) is 0 Å². The number of anilines is 1. The fourth-order valence-corrected chi connectivity index (χ4v) is 1.10. The molecule has 3 N–H and O–H groups in total. The normalized spacial score (nSPS) is 12.9. The van der Waals surface area contributed by atoms with Crippen molar-refractivity contribution in [1.82, 2.24) is 4.98 Å². The third-order valence-corrected chi connectivity index (χ3v) is 1.66. The predicted molar refractivity (Wildman–Crippen MR) is 37.6 cm³/mol. The molecular weight excluding hydrogens is 152 g/mol. The van der Waals surface area contributed by atoms with E-state index in [9.17, 15) is 4.79 Å². The summed E-state index contributed by atoms with van der Waals surface area (Å²) in [5.74, 6) is 0. The van der Waals surface area contributed by atoms with Gasteiger partial charge in [-0.15, -0.1) is 11.3 Å². The summed E-state index contributed by atoms with van der Waals surface area (Å²) in [4.78, 5) is 13.7. The molecule has 0 aliphatic rings. The number of aliphatic hydroxyl groups excluding tert-OH is 1. The van der Waals surface area contributed by atoms with Gasteiger partial charge in [-0.3, -0.25) is 0 Å². The highest BCUT2D eigenvalue weighted by Gasteiger charge is 2.08. The minimum absolute atomic E-state index is 0.317. The van der Waals surface area contributed by atoms with Crippen molar-refractivity contribution in [3.63, 3.8) is 0 Å². The Kier molecular flexibility index (Phi) is 1.98. The van der Waals surface area contributed by atoms with Crippen molar-refractivity contribution >= 4 is 22.8 Å². The zero-order valence-corrected chi connectivity index (χ0v) is 5.84. The van der Waals surface area contributed by atoms with Gasteiger partial charge in [0.25, 0.3) is 0 Å². The van der Waals surface area contributed by atoms with Crippen LogP contribution in [0, 0.1) is 0 Å². The van der Waals surface area contributed by atoms with Crippen LogP contribution in [0.15, 0.2) is 5.38 Å². The maximum atomic E-state index is 9.99. The Morgan fingerprint density at radius 2 is 2.60 bits per heavy atom. The van der Waals surface area contributed by atoms with Crippen molar-refractivity contribution in [2.24, 2.45) is 0 Å². The predicted octanol–water partition coefficient (Wildman–Crippen LogP) is -0.0424. The van der Waals surface area contributed by atoms with Gasteiger partial charge < -0.3 is 15.6 Å². The van der Waals surface area contributed by atoms with E-state index in [1.807, 2.05) is 0 Å². The first-order valence-corrected chi connectivity index (χ1v) is 3.46. The highest BCUT2D eigenvalue weighted by atomic mass is 32.1. The van der Waals surface area contributed by atoms with Crippen LogP contribution in [0.5, 0.6) is 0 Å². The van der Waals surface area contributed by atoms with E-state index >= 15 is 0 Å². The number of aromatic nitrogens is 1. The van der Waals surface area contributed by atoms with E-state index in [1.54, 1.807) is 5.38 Å². The van der Waals surface area contributed by atoms with Gasteiger partial charge >= 0.3 is 0 Å². The van der Waals surface area contributed by atoms with Crippen LogP contribution in [-0.2, 0) is 4.79 Å². The lowest BCUT2D eigenvalue weighted by molar-refractivity contribution is -0.115. The minimum atomic E-state index is -1.13. The fourth-order valence-electron chi connectivity index (χ4n) is 0.506. The van der Waals surface area contributed by atoms with Gasteiger partial charge in [-0.2, -0.15) is 0 Å². The largest absolute Gasteiger partial charge is 0.379 e. The standard InChI is InChI=1S/C5H6N2O2S/c6-5-7-3(2-10-5)4(9)1-8/h1-2,4,9H,(H2,6,7). The van der Waals surface area contributed by atoms with Gasteiger partial charge in [0.05, 0.1) is 5.69 Å². The van der Waals surface area contributed by atoms with E-state index in [2.05, 4.69) is 4.98 Å². The third-order valence-electron chi connectivity index (χ3n) is 0.972. The molecule has 5 heteroatoms. The van der Waals surface area contributed by atoms with Crippen molar-refractivity contribution in [3.05, 3.63) is 11.1 Å². The van der Waals surface area contributed by atoms with E-state index in [1.165, 1.54) is 11.3 Å². The lowest BCUT2D eigenvalue weighted by Crippen LogP contribution is -1.98. The summed E-state index contributed by atoms with van der Waals surface area (Å²) >= 11 is 1.20. The second-order valence-electron chi connectivity index (χ2n) is 1.69. The monoisotopic (exact) mass is 158 g/mol. The van der Waals surface area contributed by atoms with Crippen molar-refractivity contribution < 1.29 is 9.90 Å². The molecule has 0 aromatic carbocycles. The molecule has 0 saturated carbocycles. The van der Waals surface area contributed by atoms with Gasteiger partial charge in [0.1, 0.15) is 0 Å². The van der Waals surface area contributed by atoms with Gasteiger partial charge in [0, 0.05) is 5.38 Å². The molecule has 0 fully saturated rings. The van der Waals surface area contributed by atoms with E-state index in [0.717, 1.165) is 0 Å². The molecule has 1 heterocycles. The lowest BCUT2D eigenvalue weighted by Gasteiger charge is -1.93. The van der Waals surface area contributed by atoms with E-state index in [4.69, 9.17) is 10.8 Å². The number of rotatable bonds is 2. The molecule has 4 nitrogen and oxygen atoms in total. The van der Waals surface area contributed by atoms with Gasteiger partial charge in [-0.05, 0) is 0 Å². The highest BCUT2D eigenvalue weighted by molar-refractivity contribution is 7.13. The van der Waals surface area contributed by atoms with Crippen LogP contribution >= 0.6 is 11.3 Å². The van der Waals surface area contributed by atoms with Crippen LogP contribution in [0.3, 0.4) is 0 Å². The summed E-state index contributed by atoms with van der Waals surface area (Å²) in [6.45, 7) is 0. The van der Waals surface area contributed by atoms with Crippen LogP contribution in [0.1, 0.15) is 11.8 Å². The van der Waals surface area contributed by atoms with Crippen molar-refractivity contribution in [1.29, 1.82) is 0 Å². The zero-order chi connectivity index (χ0) is 7.56. The Hall–Kier alpha value is -0.940. The number of hydrogen-bond acceptors (Lipinski definition) is 5. The molecule has 1 aromatic rings. The maximum absolute atomic E-state index is 9.99. The maximum Gasteiger partial charge on any atom is 0.180 e. The smallest absolute Gasteiger partial charge is 0.180 e. The number of aldehydes is 1. The summed E-state index contributed by atoms with van der Waals surface area (Å²) in [6.07, 6.45) is -0.720. The molecule has 0 spiro atoms. The van der Waals surface area contributed by atoms with Gasteiger partial charge in [-0.25, -0.2) is 4.98 Å². The summed E-state index contributed by atoms with van der Waals surface area (Å²) in [6, 6.07) is 0. The van der Waals surface area contributed by atoms with Crippen LogP contribution in [0.2, 0.25) is 0 Å². The quantitative estimate of drug-likeness (QED) is 0.592. The summed E-state index contributed by atoms with van der Waals surface area (Å²) in [5, 5.41) is 10.8. The molecule has 1 rings (SSSR count). The second kappa shape index (κ2) is 2.76. The molecule has 54 valence electrons. The minimum Gasteiger partial charge on any atom is -0.379 e. The molecule has 1 unspecified atom stereocenters. The summed E-state index contributed by atoms with van der Waals surface area (Å²) in [7, 11) is 0. The zero-order valence-electron chi connectivity index (χ0n) is 5.02. The van der Waals surface area contributed by atoms with Crippen LogP contribution in [0.4, 0.5) is 5.13 Å². The lowest BCUT2D eigenvalue weighted by atomic mass is 10.3. The molecule has 0 aliphatic carbocycles. The Morgan fingerprint density at radius 3 is 3.00 bits per heavy atom. The molecular formula is C5H6N2O2S. The SMILES string of the molecule is Nc1nc(C(O)C=O)cs1. The number of nitrogens with two attached hydrogens (primary N) is 1. The van der Waals surface area contributed by atoms with E-state index < -0.39 is 6.10 Å². The molecule has 0 amide bonds. The number of nitrogens with zero attached hydrogens (tertiary/aromatic N) is 1. The number of carbonyl (C=O) groups is 1. The number of thiazole rings is 1. The van der Waals surface area contributed by atoms with Gasteiger partial charge in [-0.1, -0.05) is 0 Å². The van der Waals surface area contributed by atoms with Gasteiger partial charge in [0.15, 0.2) is 17.5 Å². The molecule has 0 radical (unpaired) electrons. The first-order chi connectivity index (χ1) is 4.74. The Balaban J connectivity index is 2.84. The number of hydrogen-bond donors (Lipinski definition) is 2.